The molecule has 2 atom stereocenters. The molecule has 2 rings (SSSR count). The highest BCUT2D eigenvalue weighted by Gasteiger charge is 2.47. The Morgan fingerprint density at radius 2 is 1.89 bits per heavy atom. The number of ether oxygens (including phenoxy) is 1. The van der Waals surface area contributed by atoms with E-state index in [1.54, 1.807) is 0 Å². The Bertz CT molecular complexity index is 364. The van der Waals surface area contributed by atoms with E-state index in [9.17, 15) is 9.59 Å². The van der Waals surface area contributed by atoms with Crippen LogP contribution in [0.25, 0.3) is 0 Å². The molecule has 2 saturated heterocycles. The van der Waals surface area contributed by atoms with Crippen LogP contribution in [-0.4, -0.2) is 47.6 Å². The first-order chi connectivity index (χ1) is 9.03. The Balaban J connectivity index is 2.30. The lowest BCUT2D eigenvalue weighted by Gasteiger charge is -2.50. The molecule has 0 aliphatic carbocycles. The second-order valence-corrected chi connectivity index (χ2v) is 5.71. The number of rotatable bonds is 3. The molecule has 2 aliphatic heterocycles. The van der Waals surface area contributed by atoms with Gasteiger partial charge in [-0.15, -0.1) is 0 Å². The Kier molecular flexibility index (Phi) is 4.13. The smallest absolute Gasteiger partial charge is 0.246 e. The molecule has 2 aliphatic rings. The summed E-state index contributed by atoms with van der Waals surface area (Å²) < 4.78 is 5.40. The molecular formula is C14H24N2O3. The zero-order valence-electron chi connectivity index (χ0n) is 12.1. The highest BCUT2D eigenvalue weighted by atomic mass is 16.5. The minimum absolute atomic E-state index is 0.0123. The predicted octanol–water partition coefficient (Wildman–Crippen LogP) is 1.07. The fourth-order valence-corrected chi connectivity index (χ4v) is 3.11. The highest BCUT2D eigenvalue weighted by Crippen LogP contribution is 2.32. The van der Waals surface area contributed by atoms with Gasteiger partial charge in [0.15, 0.2) is 0 Å². The largest absolute Gasteiger partial charge is 0.381 e. The number of hydrogen-bond acceptors (Lipinski definition) is 3. The monoisotopic (exact) mass is 268 g/mol. The summed E-state index contributed by atoms with van der Waals surface area (Å²) in [5, 5.41) is 2.84. The van der Waals surface area contributed by atoms with Gasteiger partial charge in [-0.3, -0.25) is 9.59 Å². The van der Waals surface area contributed by atoms with Gasteiger partial charge in [-0.1, -0.05) is 13.8 Å². The average molecular weight is 268 g/mol. The number of amides is 2. The zero-order valence-corrected chi connectivity index (χ0v) is 12.1. The molecular weight excluding hydrogens is 244 g/mol. The standard InChI is InChI=1S/C14H24N2O3/c1-4-10-13(18)16(11(5-2)12(17)15-10)14(3)6-8-19-9-7-14/h10-11H,4-9H2,1-3H3,(H,15,17). The van der Waals surface area contributed by atoms with Crippen LogP contribution in [0.5, 0.6) is 0 Å². The molecule has 0 spiro atoms. The van der Waals surface area contributed by atoms with Gasteiger partial charge in [0.2, 0.25) is 11.8 Å². The van der Waals surface area contributed by atoms with Crippen molar-refractivity contribution in [3.05, 3.63) is 0 Å². The maximum atomic E-state index is 12.6. The van der Waals surface area contributed by atoms with Crippen molar-refractivity contribution in [3.63, 3.8) is 0 Å². The van der Waals surface area contributed by atoms with Crippen molar-refractivity contribution in [2.45, 2.75) is 64.1 Å². The first-order valence-electron chi connectivity index (χ1n) is 7.24. The minimum atomic E-state index is -0.366. The molecule has 0 aromatic carbocycles. The lowest BCUT2D eigenvalue weighted by atomic mass is 9.86. The third kappa shape index (κ3) is 2.48. The summed E-state index contributed by atoms with van der Waals surface area (Å²) in [7, 11) is 0. The van der Waals surface area contributed by atoms with E-state index in [0.29, 0.717) is 26.1 Å². The van der Waals surface area contributed by atoms with Crippen LogP contribution >= 0.6 is 0 Å². The van der Waals surface area contributed by atoms with Crippen LogP contribution < -0.4 is 5.32 Å². The third-order valence-corrected chi connectivity index (χ3v) is 4.41. The summed E-state index contributed by atoms with van der Waals surface area (Å²) in [6, 6.07) is -0.701. The normalized spacial score (nSPS) is 31.2. The van der Waals surface area contributed by atoms with Crippen molar-refractivity contribution in [3.8, 4) is 0 Å². The zero-order chi connectivity index (χ0) is 14.0. The SMILES string of the molecule is CCC1NC(=O)C(CC)N(C2(C)CCOCC2)C1=O. The molecule has 0 aromatic rings. The van der Waals surface area contributed by atoms with Crippen molar-refractivity contribution in [1.29, 1.82) is 0 Å². The molecule has 0 bridgehead atoms. The van der Waals surface area contributed by atoms with Crippen LogP contribution in [-0.2, 0) is 14.3 Å². The summed E-state index contributed by atoms with van der Waals surface area (Å²) in [5.41, 5.74) is -0.249. The Labute approximate surface area is 114 Å². The number of hydrogen-bond donors (Lipinski definition) is 1. The molecule has 0 aromatic heterocycles. The van der Waals surface area contributed by atoms with Crippen molar-refractivity contribution in [2.24, 2.45) is 0 Å². The maximum absolute atomic E-state index is 12.6. The van der Waals surface area contributed by atoms with Gasteiger partial charge in [0.05, 0.1) is 0 Å². The number of carbonyl (C=O) groups excluding carboxylic acids is 2. The van der Waals surface area contributed by atoms with Crippen LogP contribution in [0.3, 0.4) is 0 Å². The van der Waals surface area contributed by atoms with Crippen LogP contribution in [0, 0.1) is 0 Å². The van der Waals surface area contributed by atoms with Crippen molar-refractivity contribution in [2.75, 3.05) is 13.2 Å². The second-order valence-electron chi connectivity index (χ2n) is 5.71. The van der Waals surface area contributed by atoms with E-state index >= 15 is 0 Å². The highest BCUT2D eigenvalue weighted by molar-refractivity contribution is 5.97. The fraction of sp³-hybridized carbons (Fsp3) is 0.857. The first-order valence-corrected chi connectivity index (χ1v) is 7.24. The summed E-state index contributed by atoms with van der Waals surface area (Å²) in [6.45, 7) is 7.30. The molecule has 0 saturated carbocycles. The van der Waals surface area contributed by atoms with E-state index in [1.165, 1.54) is 0 Å². The number of carbonyl (C=O) groups is 2. The van der Waals surface area contributed by atoms with Gasteiger partial charge in [0.1, 0.15) is 12.1 Å². The molecule has 0 radical (unpaired) electrons. The maximum Gasteiger partial charge on any atom is 0.246 e. The molecule has 2 fully saturated rings. The molecule has 5 nitrogen and oxygen atoms in total. The Morgan fingerprint density at radius 1 is 1.26 bits per heavy atom. The quantitative estimate of drug-likeness (QED) is 0.833. The minimum Gasteiger partial charge on any atom is -0.381 e. The fourth-order valence-electron chi connectivity index (χ4n) is 3.11. The van der Waals surface area contributed by atoms with Gasteiger partial charge < -0.3 is 15.0 Å². The van der Waals surface area contributed by atoms with E-state index in [1.807, 2.05) is 18.7 Å². The van der Waals surface area contributed by atoms with E-state index in [2.05, 4.69) is 12.2 Å². The van der Waals surface area contributed by atoms with E-state index in [4.69, 9.17) is 4.74 Å². The predicted molar refractivity (Wildman–Crippen MR) is 71.6 cm³/mol. The van der Waals surface area contributed by atoms with Crippen molar-refractivity contribution in [1.82, 2.24) is 10.2 Å². The molecule has 2 heterocycles. The van der Waals surface area contributed by atoms with Crippen LogP contribution in [0.2, 0.25) is 0 Å². The van der Waals surface area contributed by atoms with Gasteiger partial charge >= 0.3 is 0 Å². The lowest BCUT2D eigenvalue weighted by Crippen LogP contribution is -2.69. The Hall–Kier alpha value is -1.10. The number of piperazine rings is 1. The van der Waals surface area contributed by atoms with E-state index in [0.717, 1.165) is 12.8 Å². The van der Waals surface area contributed by atoms with E-state index < -0.39 is 0 Å². The molecule has 108 valence electrons. The van der Waals surface area contributed by atoms with Crippen molar-refractivity contribution >= 4 is 11.8 Å². The number of nitrogens with one attached hydrogen (secondary N) is 1. The topological polar surface area (TPSA) is 58.6 Å². The molecule has 19 heavy (non-hydrogen) atoms. The summed E-state index contributed by atoms with van der Waals surface area (Å²) in [5.74, 6) is 0.0556. The average Bonchev–Trinajstić information content (AvgIpc) is 2.41. The van der Waals surface area contributed by atoms with Crippen LogP contribution in [0.15, 0.2) is 0 Å². The van der Waals surface area contributed by atoms with Crippen LogP contribution in [0.4, 0.5) is 0 Å². The van der Waals surface area contributed by atoms with E-state index in [-0.39, 0.29) is 29.4 Å². The summed E-state index contributed by atoms with van der Waals surface area (Å²) in [4.78, 5) is 26.7. The van der Waals surface area contributed by atoms with Gasteiger partial charge in [-0.25, -0.2) is 0 Å². The lowest BCUT2D eigenvalue weighted by molar-refractivity contribution is -0.161. The first kappa shape index (κ1) is 14.3. The molecule has 5 heteroatoms. The molecule has 2 amide bonds. The van der Waals surface area contributed by atoms with Gasteiger partial charge in [-0.05, 0) is 32.6 Å². The van der Waals surface area contributed by atoms with Gasteiger partial charge in [0.25, 0.3) is 0 Å². The second kappa shape index (κ2) is 5.49. The Morgan fingerprint density at radius 3 is 2.42 bits per heavy atom. The third-order valence-electron chi connectivity index (χ3n) is 4.41. The summed E-state index contributed by atoms with van der Waals surface area (Å²) >= 11 is 0. The van der Waals surface area contributed by atoms with Crippen LogP contribution in [0.1, 0.15) is 46.5 Å². The van der Waals surface area contributed by atoms with Gasteiger partial charge in [0, 0.05) is 18.8 Å². The summed E-state index contributed by atoms with van der Waals surface area (Å²) in [6.07, 6.45) is 2.91. The number of nitrogens with zero attached hydrogens (tertiary/aromatic N) is 1. The molecule has 2 unspecified atom stereocenters. The molecule has 1 N–H and O–H groups in total. The van der Waals surface area contributed by atoms with Crippen molar-refractivity contribution < 1.29 is 14.3 Å². The van der Waals surface area contributed by atoms with Gasteiger partial charge in [-0.2, -0.15) is 0 Å².